The van der Waals surface area contributed by atoms with E-state index in [1.54, 1.807) is 0 Å². The van der Waals surface area contributed by atoms with Gasteiger partial charge in [0.2, 0.25) is 0 Å². The van der Waals surface area contributed by atoms with Crippen molar-refractivity contribution >= 4 is 0 Å². The molecule has 1 nitrogen and oxygen atoms in total. The summed E-state index contributed by atoms with van der Waals surface area (Å²) in [5.41, 5.74) is 0. The lowest BCUT2D eigenvalue weighted by atomic mass is 9.92. The molecule has 0 heterocycles. The zero-order valence-corrected chi connectivity index (χ0v) is 8.22. The molecule has 0 aromatic rings. The van der Waals surface area contributed by atoms with Gasteiger partial charge in [-0.25, -0.2) is 0 Å². The second kappa shape index (κ2) is 6.41. The van der Waals surface area contributed by atoms with Crippen molar-refractivity contribution < 1.29 is 0 Å². The molecule has 0 spiro atoms. The Kier molecular flexibility index (Phi) is 6.24. The number of allylic oxidation sites excluding steroid dienone is 2. The van der Waals surface area contributed by atoms with Crippen molar-refractivity contribution in [3.63, 3.8) is 0 Å². The number of rotatable bonds is 5. The molecule has 0 aromatic carbocycles. The molecule has 66 valence electrons. The highest BCUT2D eigenvalue weighted by molar-refractivity contribution is 4.82. The van der Waals surface area contributed by atoms with Crippen molar-refractivity contribution in [3.8, 4) is 0 Å². The zero-order chi connectivity index (χ0) is 8.69. The van der Waals surface area contributed by atoms with Crippen molar-refractivity contribution in [2.24, 2.45) is 11.8 Å². The molecular formula is C10H21N. The van der Waals surface area contributed by atoms with Gasteiger partial charge in [-0.3, -0.25) is 0 Å². The highest BCUT2D eigenvalue weighted by Gasteiger charge is 2.09. The molecule has 0 aliphatic rings. The average molecular weight is 155 g/mol. The van der Waals surface area contributed by atoms with Gasteiger partial charge >= 0.3 is 0 Å². The van der Waals surface area contributed by atoms with E-state index in [9.17, 15) is 0 Å². The maximum Gasteiger partial charge on any atom is -0.00181 e. The fourth-order valence-electron chi connectivity index (χ4n) is 1.16. The van der Waals surface area contributed by atoms with Crippen LogP contribution in [0.3, 0.4) is 0 Å². The van der Waals surface area contributed by atoms with Gasteiger partial charge in [-0.1, -0.05) is 26.0 Å². The molecule has 1 N–H and O–H groups in total. The summed E-state index contributed by atoms with van der Waals surface area (Å²) in [5.74, 6) is 1.56. The first-order chi connectivity index (χ1) is 5.22. The summed E-state index contributed by atoms with van der Waals surface area (Å²) in [5, 5.41) is 3.22. The van der Waals surface area contributed by atoms with Crippen LogP contribution < -0.4 is 5.32 Å². The summed E-state index contributed by atoms with van der Waals surface area (Å²) in [7, 11) is 2.02. The predicted octanol–water partition coefficient (Wildman–Crippen LogP) is 2.44. The molecule has 11 heavy (non-hydrogen) atoms. The molecule has 0 bridgehead atoms. The number of hydrogen-bond acceptors (Lipinski definition) is 1. The molecule has 0 saturated carbocycles. The molecule has 0 amide bonds. The van der Waals surface area contributed by atoms with Gasteiger partial charge < -0.3 is 5.32 Å². The van der Waals surface area contributed by atoms with E-state index >= 15 is 0 Å². The van der Waals surface area contributed by atoms with Gasteiger partial charge in [-0.2, -0.15) is 0 Å². The summed E-state index contributed by atoms with van der Waals surface area (Å²) in [6.07, 6.45) is 5.59. The Hall–Kier alpha value is -0.300. The van der Waals surface area contributed by atoms with Crippen LogP contribution in [0.1, 0.15) is 27.2 Å². The Balaban J connectivity index is 3.69. The first-order valence-electron chi connectivity index (χ1n) is 4.48. The van der Waals surface area contributed by atoms with E-state index in [2.05, 4.69) is 38.2 Å². The third-order valence-electron chi connectivity index (χ3n) is 2.08. The van der Waals surface area contributed by atoms with Crippen LogP contribution in [-0.2, 0) is 0 Å². The lowest BCUT2D eigenvalue weighted by Crippen LogP contribution is -2.22. The smallest absolute Gasteiger partial charge is 0.00181 e. The van der Waals surface area contributed by atoms with Gasteiger partial charge in [0.15, 0.2) is 0 Å². The highest BCUT2D eigenvalue weighted by Crippen LogP contribution is 2.14. The fraction of sp³-hybridized carbons (Fsp3) is 0.800. The third-order valence-corrected chi connectivity index (χ3v) is 2.08. The van der Waals surface area contributed by atoms with Crippen molar-refractivity contribution in [2.75, 3.05) is 13.6 Å². The van der Waals surface area contributed by atoms with Crippen LogP contribution >= 0.6 is 0 Å². The highest BCUT2D eigenvalue weighted by atomic mass is 14.8. The maximum atomic E-state index is 3.22. The van der Waals surface area contributed by atoms with E-state index in [0.29, 0.717) is 0 Å². The minimum absolute atomic E-state index is 0.777. The molecule has 0 saturated heterocycles. The van der Waals surface area contributed by atoms with Crippen LogP contribution in [-0.4, -0.2) is 13.6 Å². The number of nitrogens with one attached hydrogen (secondary N) is 1. The van der Waals surface area contributed by atoms with E-state index < -0.39 is 0 Å². The Morgan fingerprint density at radius 1 is 1.36 bits per heavy atom. The average Bonchev–Trinajstić information content (AvgIpc) is 1.97. The summed E-state index contributed by atoms with van der Waals surface area (Å²) < 4.78 is 0. The van der Waals surface area contributed by atoms with E-state index in [1.165, 1.54) is 6.42 Å². The van der Waals surface area contributed by atoms with Crippen LogP contribution in [0.2, 0.25) is 0 Å². The molecule has 1 unspecified atom stereocenters. The van der Waals surface area contributed by atoms with Crippen molar-refractivity contribution in [3.05, 3.63) is 12.2 Å². The van der Waals surface area contributed by atoms with Gasteiger partial charge in [-0.15, -0.1) is 0 Å². The zero-order valence-electron chi connectivity index (χ0n) is 8.22. The summed E-state index contributed by atoms with van der Waals surface area (Å²) >= 11 is 0. The Morgan fingerprint density at radius 3 is 2.36 bits per heavy atom. The third kappa shape index (κ3) is 5.02. The minimum atomic E-state index is 0.777. The van der Waals surface area contributed by atoms with E-state index in [0.717, 1.165) is 18.4 Å². The van der Waals surface area contributed by atoms with Gasteiger partial charge in [0.25, 0.3) is 0 Å². The van der Waals surface area contributed by atoms with Crippen LogP contribution in [0.4, 0.5) is 0 Å². The van der Waals surface area contributed by atoms with E-state index in [4.69, 9.17) is 0 Å². The summed E-state index contributed by atoms with van der Waals surface area (Å²) in [6, 6.07) is 0. The maximum absolute atomic E-state index is 3.22. The minimum Gasteiger partial charge on any atom is -0.319 e. The molecule has 0 radical (unpaired) electrons. The summed E-state index contributed by atoms with van der Waals surface area (Å²) in [4.78, 5) is 0. The second-order valence-electron chi connectivity index (χ2n) is 3.37. The molecule has 0 aromatic heterocycles. The molecule has 0 rings (SSSR count). The standard InChI is InChI=1S/C10H21N/c1-5-6-7-10(8-11-4)9(2)3/h5-6,9-11H,7-8H2,1-4H3. The Bertz CT molecular complexity index is 105. The lowest BCUT2D eigenvalue weighted by Gasteiger charge is -2.18. The van der Waals surface area contributed by atoms with Crippen LogP contribution in [0, 0.1) is 11.8 Å². The largest absolute Gasteiger partial charge is 0.319 e. The van der Waals surface area contributed by atoms with Crippen molar-refractivity contribution in [1.29, 1.82) is 0 Å². The molecule has 1 heteroatoms. The first-order valence-corrected chi connectivity index (χ1v) is 4.48. The normalized spacial score (nSPS) is 14.6. The predicted molar refractivity (Wildman–Crippen MR) is 51.7 cm³/mol. The SMILES string of the molecule is CC=CCC(CNC)C(C)C. The summed E-state index contributed by atoms with van der Waals surface area (Å²) in [6.45, 7) is 7.77. The van der Waals surface area contributed by atoms with Crippen molar-refractivity contribution in [1.82, 2.24) is 5.32 Å². The molecule has 0 aliphatic heterocycles. The quantitative estimate of drug-likeness (QED) is 0.601. The van der Waals surface area contributed by atoms with Crippen LogP contribution in [0.5, 0.6) is 0 Å². The van der Waals surface area contributed by atoms with E-state index in [-0.39, 0.29) is 0 Å². The molecule has 1 atom stereocenters. The lowest BCUT2D eigenvalue weighted by molar-refractivity contribution is 0.376. The molecule has 0 aliphatic carbocycles. The van der Waals surface area contributed by atoms with Gasteiger partial charge in [0.1, 0.15) is 0 Å². The van der Waals surface area contributed by atoms with Crippen LogP contribution in [0.15, 0.2) is 12.2 Å². The Labute approximate surface area is 70.9 Å². The van der Waals surface area contributed by atoms with E-state index in [1.807, 2.05) is 7.05 Å². The topological polar surface area (TPSA) is 12.0 Å². The fourth-order valence-corrected chi connectivity index (χ4v) is 1.16. The van der Waals surface area contributed by atoms with Gasteiger partial charge in [0, 0.05) is 0 Å². The Morgan fingerprint density at radius 2 is 2.00 bits per heavy atom. The van der Waals surface area contributed by atoms with Crippen molar-refractivity contribution in [2.45, 2.75) is 27.2 Å². The van der Waals surface area contributed by atoms with Crippen LogP contribution in [0.25, 0.3) is 0 Å². The number of hydrogen-bond donors (Lipinski definition) is 1. The first kappa shape index (κ1) is 10.7. The van der Waals surface area contributed by atoms with Gasteiger partial charge in [-0.05, 0) is 38.8 Å². The molecule has 0 fully saturated rings. The monoisotopic (exact) mass is 155 g/mol. The van der Waals surface area contributed by atoms with Gasteiger partial charge in [0.05, 0.1) is 0 Å². The second-order valence-corrected chi connectivity index (χ2v) is 3.37. The molecular weight excluding hydrogens is 134 g/mol.